The molecule has 0 aliphatic carbocycles. The molecule has 1 fully saturated rings. The Kier molecular flexibility index (Phi) is 3.05. The van der Waals surface area contributed by atoms with Gasteiger partial charge in [0.25, 0.3) is 0 Å². The van der Waals surface area contributed by atoms with Gasteiger partial charge in [-0.15, -0.1) is 0 Å². The summed E-state index contributed by atoms with van der Waals surface area (Å²) in [6.45, 7) is 0. The maximum absolute atomic E-state index is 13.2. The topological polar surface area (TPSA) is 84.8 Å². The van der Waals surface area contributed by atoms with Crippen molar-refractivity contribution in [2.45, 2.75) is 31.2 Å². The maximum atomic E-state index is 13.2. The highest BCUT2D eigenvalue weighted by atomic mass is 19.4. The fraction of sp³-hybridized carbons (Fsp3) is 0.278. The van der Waals surface area contributed by atoms with E-state index in [1.54, 1.807) is 0 Å². The molecule has 6 nitrogen and oxygen atoms in total. The van der Waals surface area contributed by atoms with E-state index in [9.17, 15) is 28.2 Å². The van der Waals surface area contributed by atoms with Crippen molar-refractivity contribution in [3.05, 3.63) is 51.4 Å². The van der Waals surface area contributed by atoms with Crippen molar-refractivity contribution in [1.29, 1.82) is 0 Å². The summed E-state index contributed by atoms with van der Waals surface area (Å²) >= 11 is 0. The van der Waals surface area contributed by atoms with Crippen LogP contribution >= 0.6 is 0 Å². The van der Waals surface area contributed by atoms with Gasteiger partial charge >= 0.3 is 11.8 Å². The van der Waals surface area contributed by atoms with Crippen LogP contribution < -0.4 is 5.63 Å². The first-order valence-electron chi connectivity index (χ1n) is 8.23. The van der Waals surface area contributed by atoms with Crippen LogP contribution in [0, 0.1) is 0 Å². The van der Waals surface area contributed by atoms with Crippen molar-refractivity contribution < 1.29 is 32.5 Å². The van der Waals surface area contributed by atoms with Crippen LogP contribution in [0.1, 0.15) is 41.7 Å². The second kappa shape index (κ2) is 5.07. The number of aromatic nitrogens is 1. The van der Waals surface area contributed by atoms with Gasteiger partial charge in [0.15, 0.2) is 0 Å². The van der Waals surface area contributed by atoms with Crippen LogP contribution in [-0.4, -0.2) is 14.8 Å². The van der Waals surface area contributed by atoms with Crippen molar-refractivity contribution in [2.75, 3.05) is 0 Å². The molecule has 9 heteroatoms. The molecule has 1 saturated heterocycles. The van der Waals surface area contributed by atoms with Crippen LogP contribution in [0.5, 0.6) is 11.8 Å². The second-order valence-corrected chi connectivity index (χ2v) is 6.66. The fourth-order valence-corrected chi connectivity index (χ4v) is 4.05. The number of halogens is 3. The van der Waals surface area contributed by atoms with E-state index < -0.39 is 17.4 Å². The summed E-state index contributed by atoms with van der Waals surface area (Å²) in [6.07, 6.45) is -3.91. The van der Waals surface area contributed by atoms with Gasteiger partial charge in [-0.2, -0.15) is 13.2 Å². The van der Waals surface area contributed by atoms with E-state index in [2.05, 4.69) is 0 Å². The van der Waals surface area contributed by atoms with Gasteiger partial charge in [-0.3, -0.25) is 4.57 Å². The van der Waals surface area contributed by atoms with Gasteiger partial charge in [0.05, 0.1) is 34.6 Å². The molecule has 0 saturated carbocycles. The molecule has 0 amide bonds. The molecule has 5 rings (SSSR count). The quantitative estimate of drug-likeness (QED) is 0.626. The summed E-state index contributed by atoms with van der Waals surface area (Å²) in [6, 6.07) is 4.04. The SMILES string of the molecule is O=c1cc(C(F)(F)F)c2ccc(-n3c(O)c4c(c3O)[C@H]3CC[C@@H]4O3)cc2o1. The number of ether oxygens (including phenoxy) is 1. The smallest absolute Gasteiger partial charge is 0.417 e. The van der Waals surface area contributed by atoms with Crippen molar-refractivity contribution in [3.8, 4) is 17.4 Å². The first kappa shape index (κ1) is 16.2. The number of alkyl halides is 3. The normalized spacial score (nSPS) is 21.1. The van der Waals surface area contributed by atoms with Crippen molar-refractivity contribution in [3.63, 3.8) is 0 Å². The predicted molar refractivity (Wildman–Crippen MR) is 85.9 cm³/mol. The molecule has 2 atom stereocenters. The monoisotopic (exact) mass is 379 g/mol. The standard InChI is InChI=1S/C18H12F3NO5/c19-18(20,21)9-6-13(23)27-12-5-7(1-2-8(9)12)22-16(24)14-10-3-4-11(26-10)15(14)17(22)25/h1-2,5-6,10-11,24-25H,3-4H2/t10-,11+. The Balaban J connectivity index is 1.73. The van der Waals surface area contributed by atoms with Gasteiger partial charge in [0.1, 0.15) is 5.58 Å². The fourth-order valence-electron chi connectivity index (χ4n) is 4.05. The average molecular weight is 379 g/mol. The lowest BCUT2D eigenvalue weighted by molar-refractivity contribution is -0.136. The summed E-state index contributed by atoms with van der Waals surface area (Å²) in [5.74, 6) is -0.466. The van der Waals surface area contributed by atoms with E-state index in [1.165, 1.54) is 12.1 Å². The molecule has 2 N–H and O–H groups in total. The van der Waals surface area contributed by atoms with E-state index in [1.807, 2.05) is 0 Å². The molecule has 0 spiro atoms. The number of fused-ring (bicyclic) bond motifs is 6. The molecule has 0 unspecified atom stereocenters. The van der Waals surface area contributed by atoms with Gasteiger partial charge in [-0.05, 0) is 25.0 Å². The lowest BCUT2D eigenvalue weighted by atomic mass is 9.95. The molecular weight excluding hydrogens is 367 g/mol. The third-order valence-electron chi connectivity index (χ3n) is 5.15. The summed E-state index contributed by atoms with van der Waals surface area (Å²) in [5.41, 5.74) is -1.37. The Morgan fingerprint density at radius 1 is 1.04 bits per heavy atom. The zero-order valence-electron chi connectivity index (χ0n) is 13.6. The Bertz CT molecular complexity index is 1130. The van der Waals surface area contributed by atoms with E-state index >= 15 is 0 Å². The summed E-state index contributed by atoms with van der Waals surface area (Å²) < 4.78 is 51.2. The van der Waals surface area contributed by atoms with Crippen LogP contribution in [0.2, 0.25) is 0 Å². The molecule has 1 aromatic carbocycles. The highest BCUT2D eigenvalue weighted by Crippen LogP contribution is 2.58. The Labute approximate surface area is 149 Å². The van der Waals surface area contributed by atoms with Crippen LogP contribution in [0.15, 0.2) is 33.5 Å². The highest BCUT2D eigenvalue weighted by Gasteiger charge is 2.45. The molecule has 0 radical (unpaired) electrons. The van der Waals surface area contributed by atoms with E-state index in [0.29, 0.717) is 17.2 Å². The van der Waals surface area contributed by atoms with Gasteiger partial charge in [-0.1, -0.05) is 0 Å². The third kappa shape index (κ3) is 2.14. The molecule has 2 bridgehead atoms. The average Bonchev–Trinajstić information content (AvgIpc) is 3.26. The van der Waals surface area contributed by atoms with Gasteiger partial charge < -0.3 is 19.4 Å². The van der Waals surface area contributed by atoms with Crippen molar-refractivity contribution in [2.24, 2.45) is 0 Å². The number of hydrogen-bond acceptors (Lipinski definition) is 5. The highest BCUT2D eigenvalue weighted by molar-refractivity contribution is 5.83. The lowest BCUT2D eigenvalue weighted by Gasteiger charge is -2.12. The Morgan fingerprint density at radius 3 is 2.26 bits per heavy atom. The molecule has 4 heterocycles. The minimum Gasteiger partial charge on any atom is -0.494 e. The summed E-state index contributed by atoms with van der Waals surface area (Å²) in [7, 11) is 0. The Morgan fingerprint density at radius 2 is 1.67 bits per heavy atom. The maximum Gasteiger partial charge on any atom is 0.417 e. The second-order valence-electron chi connectivity index (χ2n) is 6.66. The van der Waals surface area contributed by atoms with E-state index in [4.69, 9.17) is 9.15 Å². The molecule has 3 aromatic rings. The first-order valence-corrected chi connectivity index (χ1v) is 8.23. The predicted octanol–water partition coefficient (Wildman–Crippen LogP) is 3.92. The molecular formula is C18H12F3NO5. The minimum atomic E-state index is -4.72. The first-order chi connectivity index (χ1) is 12.8. The largest absolute Gasteiger partial charge is 0.494 e. The molecule has 2 aliphatic heterocycles. The number of hydrogen-bond donors (Lipinski definition) is 2. The summed E-state index contributed by atoms with van der Waals surface area (Å²) in [5, 5.41) is 20.8. The number of aromatic hydroxyl groups is 2. The number of nitrogens with zero attached hydrogens (tertiary/aromatic N) is 1. The van der Waals surface area contributed by atoms with Crippen LogP contribution in [0.25, 0.3) is 16.7 Å². The van der Waals surface area contributed by atoms with Crippen LogP contribution in [0.3, 0.4) is 0 Å². The van der Waals surface area contributed by atoms with Gasteiger partial charge in [0, 0.05) is 17.5 Å². The molecule has 27 heavy (non-hydrogen) atoms. The minimum absolute atomic E-state index is 0.175. The third-order valence-corrected chi connectivity index (χ3v) is 5.15. The molecule has 140 valence electrons. The number of rotatable bonds is 1. The van der Waals surface area contributed by atoms with E-state index in [0.717, 1.165) is 23.5 Å². The Hall–Kier alpha value is -2.94. The van der Waals surface area contributed by atoms with Crippen LogP contribution in [-0.2, 0) is 10.9 Å². The van der Waals surface area contributed by atoms with Crippen molar-refractivity contribution >= 4 is 11.0 Å². The van der Waals surface area contributed by atoms with Gasteiger partial charge in [0.2, 0.25) is 11.8 Å². The van der Waals surface area contributed by atoms with Crippen molar-refractivity contribution in [1.82, 2.24) is 4.57 Å². The molecule has 2 aromatic heterocycles. The zero-order valence-corrected chi connectivity index (χ0v) is 13.6. The summed E-state index contributed by atoms with van der Waals surface area (Å²) in [4.78, 5) is 11.6. The number of benzene rings is 1. The lowest BCUT2D eigenvalue weighted by Crippen LogP contribution is -2.11. The van der Waals surface area contributed by atoms with Gasteiger partial charge in [-0.25, -0.2) is 4.79 Å². The zero-order chi connectivity index (χ0) is 19.1. The van der Waals surface area contributed by atoms with E-state index in [-0.39, 0.29) is 40.6 Å². The molecule has 2 aliphatic rings. The van der Waals surface area contributed by atoms with Crippen LogP contribution in [0.4, 0.5) is 13.2 Å².